The van der Waals surface area contributed by atoms with Crippen LogP contribution < -0.4 is 0 Å². The van der Waals surface area contributed by atoms with Crippen LogP contribution in [0.3, 0.4) is 0 Å². The van der Waals surface area contributed by atoms with Crippen LogP contribution in [-0.4, -0.2) is 9.67 Å². The molecule has 3 heteroatoms. The van der Waals surface area contributed by atoms with E-state index in [1.807, 2.05) is 12.1 Å². The standard InChI is InChI=1S/C18H16BrNO/c1-2-15-9-12-18(13-3-10-17(21)11-4-13)20(15)16-7-5-14(19)6-8-16/h3-12,21H,2H2,1H3. The fourth-order valence-corrected chi connectivity index (χ4v) is 2.77. The number of benzene rings is 2. The summed E-state index contributed by atoms with van der Waals surface area (Å²) in [5.41, 5.74) is 4.63. The molecule has 1 aromatic heterocycles. The van der Waals surface area contributed by atoms with Gasteiger partial charge in [0, 0.05) is 15.9 Å². The van der Waals surface area contributed by atoms with Gasteiger partial charge in [0.2, 0.25) is 0 Å². The van der Waals surface area contributed by atoms with Gasteiger partial charge in [-0.15, -0.1) is 0 Å². The number of phenolic OH excluding ortho intramolecular Hbond substituents is 1. The maximum atomic E-state index is 9.46. The summed E-state index contributed by atoms with van der Waals surface area (Å²) in [6.45, 7) is 2.16. The molecular formula is C18H16BrNO. The first-order chi connectivity index (χ1) is 10.2. The second-order valence-electron chi connectivity index (χ2n) is 4.92. The van der Waals surface area contributed by atoms with Crippen molar-refractivity contribution in [2.24, 2.45) is 0 Å². The summed E-state index contributed by atoms with van der Waals surface area (Å²) in [5, 5.41) is 9.46. The fraction of sp³-hybridized carbons (Fsp3) is 0.111. The molecule has 1 N–H and O–H groups in total. The minimum Gasteiger partial charge on any atom is -0.508 e. The largest absolute Gasteiger partial charge is 0.508 e. The summed E-state index contributed by atoms with van der Waals surface area (Å²) in [7, 11) is 0. The summed E-state index contributed by atoms with van der Waals surface area (Å²) in [6, 6.07) is 19.9. The summed E-state index contributed by atoms with van der Waals surface area (Å²) in [6.07, 6.45) is 0.966. The molecule has 0 aliphatic heterocycles. The third kappa shape index (κ3) is 2.74. The van der Waals surface area contributed by atoms with Crippen molar-refractivity contribution in [3.8, 4) is 22.7 Å². The highest BCUT2D eigenvalue weighted by Gasteiger charge is 2.10. The van der Waals surface area contributed by atoms with Crippen LogP contribution in [0.4, 0.5) is 0 Å². The van der Waals surface area contributed by atoms with Crippen LogP contribution in [0.1, 0.15) is 12.6 Å². The number of aromatic hydroxyl groups is 1. The quantitative estimate of drug-likeness (QED) is 0.697. The Morgan fingerprint density at radius 1 is 0.905 bits per heavy atom. The topological polar surface area (TPSA) is 25.2 Å². The zero-order chi connectivity index (χ0) is 14.8. The lowest BCUT2D eigenvalue weighted by atomic mass is 10.1. The van der Waals surface area contributed by atoms with Gasteiger partial charge in [-0.2, -0.15) is 0 Å². The fourth-order valence-electron chi connectivity index (χ4n) is 2.51. The van der Waals surface area contributed by atoms with Crippen LogP contribution in [0.2, 0.25) is 0 Å². The molecule has 0 saturated carbocycles. The molecule has 21 heavy (non-hydrogen) atoms. The van der Waals surface area contributed by atoms with Gasteiger partial charge in [0.25, 0.3) is 0 Å². The average Bonchev–Trinajstić information content (AvgIpc) is 2.93. The van der Waals surface area contributed by atoms with Gasteiger partial charge in [-0.1, -0.05) is 22.9 Å². The molecule has 0 bridgehead atoms. The Kier molecular flexibility index (Phi) is 3.84. The lowest BCUT2D eigenvalue weighted by Gasteiger charge is -2.13. The average molecular weight is 342 g/mol. The van der Waals surface area contributed by atoms with E-state index < -0.39 is 0 Å². The Labute approximate surface area is 132 Å². The molecule has 1 heterocycles. The first-order valence-electron chi connectivity index (χ1n) is 6.95. The maximum Gasteiger partial charge on any atom is 0.115 e. The number of nitrogens with zero attached hydrogens (tertiary/aromatic N) is 1. The van der Waals surface area contributed by atoms with Crippen LogP contribution in [-0.2, 0) is 6.42 Å². The molecule has 3 aromatic rings. The van der Waals surface area contributed by atoms with Gasteiger partial charge in [-0.25, -0.2) is 0 Å². The van der Waals surface area contributed by atoms with Gasteiger partial charge in [0.05, 0.1) is 5.69 Å². The van der Waals surface area contributed by atoms with Gasteiger partial charge >= 0.3 is 0 Å². The van der Waals surface area contributed by atoms with Crippen LogP contribution in [0.15, 0.2) is 65.1 Å². The van der Waals surface area contributed by atoms with E-state index in [4.69, 9.17) is 0 Å². The summed E-state index contributed by atoms with van der Waals surface area (Å²) < 4.78 is 3.33. The lowest BCUT2D eigenvalue weighted by molar-refractivity contribution is 0.475. The van der Waals surface area contributed by atoms with Crippen molar-refractivity contribution in [1.29, 1.82) is 0 Å². The van der Waals surface area contributed by atoms with E-state index in [1.54, 1.807) is 12.1 Å². The summed E-state index contributed by atoms with van der Waals surface area (Å²) in [5.74, 6) is 0.288. The van der Waals surface area contributed by atoms with E-state index >= 15 is 0 Å². The zero-order valence-corrected chi connectivity index (χ0v) is 13.3. The molecule has 0 unspecified atom stereocenters. The summed E-state index contributed by atoms with van der Waals surface area (Å²) in [4.78, 5) is 0. The number of phenols is 1. The molecule has 2 aromatic carbocycles. The van der Waals surface area contributed by atoms with Crippen molar-refractivity contribution >= 4 is 15.9 Å². The van der Waals surface area contributed by atoms with E-state index in [2.05, 4.69) is 63.8 Å². The molecule has 2 nitrogen and oxygen atoms in total. The van der Waals surface area contributed by atoms with E-state index in [1.165, 1.54) is 5.69 Å². The molecule has 0 saturated heterocycles. The van der Waals surface area contributed by atoms with Crippen molar-refractivity contribution in [2.75, 3.05) is 0 Å². The van der Waals surface area contributed by atoms with E-state index in [0.29, 0.717) is 0 Å². The van der Waals surface area contributed by atoms with Gasteiger partial charge < -0.3 is 9.67 Å². The van der Waals surface area contributed by atoms with Gasteiger partial charge in [-0.3, -0.25) is 0 Å². The molecular weight excluding hydrogens is 326 g/mol. The highest BCUT2D eigenvalue weighted by molar-refractivity contribution is 9.10. The summed E-state index contributed by atoms with van der Waals surface area (Å²) >= 11 is 3.48. The highest BCUT2D eigenvalue weighted by atomic mass is 79.9. The zero-order valence-electron chi connectivity index (χ0n) is 11.8. The maximum absolute atomic E-state index is 9.46. The number of aryl methyl sites for hydroxylation is 1. The molecule has 0 spiro atoms. The highest BCUT2D eigenvalue weighted by Crippen LogP contribution is 2.28. The van der Waals surface area contributed by atoms with Gasteiger partial charge in [-0.05, 0) is 72.6 Å². The lowest BCUT2D eigenvalue weighted by Crippen LogP contribution is -2.01. The number of hydrogen-bond donors (Lipinski definition) is 1. The molecule has 0 fully saturated rings. The molecule has 0 radical (unpaired) electrons. The normalized spacial score (nSPS) is 10.8. The monoisotopic (exact) mass is 341 g/mol. The predicted molar refractivity (Wildman–Crippen MR) is 89.9 cm³/mol. The third-order valence-electron chi connectivity index (χ3n) is 3.57. The Morgan fingerprint density at radius 3 is 2.19 bits per heavy atom. The van der Waals surface area contributed by atoms with Crippen molar-refractivity contribution < 1.29 is 5.11 Å². The van der Waals surface area contributed by atoms with Crippen LogP contribution in [0.5, 0.6) is 5.75 Å². The van der Waals surface area contributed by atoms with E-state index in [-0.39, 0.29) is 5.75 Å². The second kappa shape index (κ2) is 5.78. The number of hydrogen-bond acceptors (Lipinski definition) is 1. The van der Waals surface area contributed by atoms with Crippen molar-refractivity contribution in [1.82, 2.24) is 4.57 Å². The Morgan fingerprint density at radius 2 is 1.57 bits per heavy atom. The molecule has 106 valence electrons. The Hall–Kier alpha value is -2.00. The van der Waals surface area contributed by atoms with E-state index in [0.717, 1.165) is 27.8 Å². The first-order valence-corrected chi connectivity index (χ1v) is 7.74. The minimum absolute atomic E-state index is 0.288. The molecule has 0 aliphatic rings. The van der Waals surface area contributed by atoms with Crippen molar-refractivity contribution in [2.45, 2.75) is 13.3 Å². The van der Waals surface area contributed by atoms with Crippen molar-refractivity contribution in [3.05, 3.63) is 70.8 Å². The molecule has 0 amide bonds. The van der Waals surface area contributed by atoms with Crippen LogP contribution in [0.25, 0.3) is 16.9 Å². The number of halogens is 1. The van der Waals surface area contributed by atoms with Crippen molar-refractivity contribution in [3.63, 3.8) is 0 Å². The predicted octanol–water partition coefficient (Wildman–Crippen LogP) is 5.17. The first kappa shape index (κ1) is 14.0. The van der Waals surface area contributed by atoms with Gasteiger partial charge in [0.1, 0.15) is 5.75 Å². The third-order valence-corrected chi connectivity index (χ3v) is 4.10. The van der Waals surface area contributed by atoms with Gasteiger partial charge in [0.15, 0.2) is 0 Å². The Balaban J connectivity index is 2.16. The Bertz CT molecular complexity index is 742. The minimum atomic E-state index is 0.288. The molecule has 0 aliphatic carbocycles. The second-order valence-corrected chi connectivity index (χ2v) is 5.84. The smallest absolute Gasteiger partial charge is 0.115 e. The van der Waals surface area contributed by atoms with Crippen LogP contribution in [0, 0.1) is 0 Å². The SMILES string of the molecule is CCc1ccc(-c2ccc(O)cc2)n1-c1ccc(Br)cc1. The van der Waals surface area contributed by atoms with E-state index in [9.17, 15) is 5.11 Å². The molecule has 0 atom stereocenters. The number of aromatic nitrogens is 1. The molecule has 3 rings (SSSR count). The van der Waals surface area contributed by atoms with Crippen LogP contribution >= 0.6 is 15.9 Å². The number of rotatable bonds is 3.